The van der Waals surface area contributed by atoms with Crippen molar-refractivity contribution in [1.29, 1.82) is 0 Å². The molecular weight excluding hydrogens is 242 g/mol. The molecule has 1 amide bonds. The van der Waals surface area contributed by atoms with Crippen molar-refractivity contribution in [3.8, 4) is 5.75 Å². The number of halogens is 1. The van der Waals surface area contributed by atoms with E-state index in [4.69, 9.17) is 11.6 Å². The standard InChI is InChI=1S/C12H14ClNO3/c13-8-3-4-11(16)10(6-8)12(17)14-5-1-2-9(15)7-14/h3-4,6,9,15-16H,1-2,5,7H2/t9-/m0/s1. The first-order valence-electron chi connectivity index (χ1n) is 5.54. The first-order valence-corrected chi connectivity index (χ1v) is 5.91. The van der Waals surface area contributed by atoms with E-state index < -0.39 is 6.10 Å². The van der Waals surface area contributed by atoms with E-state index >= 15 is 0 Å². The van der Waals surface area contributed by atoms with Gasteiger partial charge in [0.05, 0.1) is 11.7 Å². The minimum atomic E-state index is -0.478. The van der Waals surface area contributed by atoms with Gasteiger partial charge < -0.3 is 15.1 Å². The molecule has 0 saturated carbocycles. The van der Waals surface area contributed by atoms with Gasteiger partial charge in [0.25, 0.3) is 5.91 Å². The van der Waals surface area contributed by atoms with Crippen LogP contribution in [0.5, 0.6) is 5.75 Å². The molecule has 0 radical (unpaired) electrons. The normalized spacial score (nSPS) is 20.4. The number of amides is 1. The molecule has 0 bridgehead atoms. The highest BCUT2D eigenvalue weighted by Gasteiger charge is 2.24. The van der Waals surface area contributed by atoms with Crippen molar-refractivity contribution in [3.63, 3.8) is 0 Å². The lowest BCUT2D eigenvalue weighted by Gasteiger charge is -2.30. The van der Waals surface area contributed by atoms with Crippen LogP contribution in [0.1, 0.15) is 23.2 Å². The first kappa shape index (κ1) is 12.2. The van der Waals surface area contributed by atoms with Crippen molar-refractivity contribution in [2.24, 2.45) is 0 Å². The van der Waals surface area contributed by atoms with Crippen LogP contribution in [0, 0.1) is 0 Å². The van der Waals surface area contributed by atoms with Crippen molar-refractivity contribution in [2.75, 3.05) is 13.1 Å². The van der Waals surface area contributed by atoms with Crippen LogP contribution in [0.3, 0.4) is 0 Å². The van der Waals surface area contributed by atoms with Crippen molar-refractivity contribution >= 4 is 17.5 Å². The Morgan fingerprint density at radius 1 is 1.47 bits per heavy atom. The summed E-state index contributed by atoms with van der Waals surface area (Å²) in [6.45, 7) is 0.909. The number of β-amino-alcohol motifs (C(OH)–C–C–N with tert-alkyl or cyclic N) is 1. The van der Waals surface area contributed by atoms with Crippen LogP contribution < -0.4 is 0 Å². The van der Waals surface area contributed by atoms with E-state index in [2.05, 4.69) is 0 Å². The number of aromatic hydroxyl groups is 1. The van der Waals surface area contributed by atoms with Gasteiger partial charge in [0.15, 0.2) is 0 Å². The van der Waals surface area contributed by atoms with Gasteiger partial charge in [-0.25, -0.2) is 0 Å². The summed E-state index contributed by atoms with van der Waals surface area (Å²) in [6, 6.07) is 4.37. The molecule has 1 fully saturated rings. The van der Waals surface area contributed by atoms with Gasteiger partial charge in [0, 0.05) is 18.1 Å². The van der Waals surface area contributed by atoms with Gasteiger partial charge in [-0.1, -0.05) is 11.6 Å². The number of benzene rings is 1. The second-order valence-corrected chi connectivity index (χ2v) is 4.65. The van der Waals surface area contributed by atoms with Gasteiger partial charge in [-0.15, -0.1) is 0 Å². The molecule has 1 atom stereocenters. The summed E-state index contributed by atoms with van der Waals surface area (Å²) in [5.41, 5.74) is 0.187. The molecule has 2 rings (SSSR count). The van der Waals surface area contributed by atoms with Crippen LogP contribution in [0.4, 0.5) is 0 Å². The molecule has 1 aliphatic heterocycles. The Labute approximate surface area is 104 Å². The van der Waals surface area contributed by atoms with E-state index in [1.807, 2.05) is 0 Å². The molecule has 17 heavy (non-hydrogen) atoms. The second kappa shape index (κ2) is 4.94. The molecule has 1 aromatic carbocycles. The first-order chi connectivity index (χ1) is 8.08. The maximum Gasteiger partial charge on any atom is 0.257 e. The zero-order chi connectivity index (χ0) is 12.4. The summed E-state index contributed by atoms with van der Waals surface area (Å²) < 4.78 is 0. The summed E-state index contributed by atoms with van der Waals surface area (Å²) in [7, 11) is 0. The highest BCUT2D eigenvalue weighted by atomic mass is 35.5. The Morgan fingerprint density at radius 2 is 2.24 bits per heavy atom. The Morgan fingerprint density at radius 3 is 2.94 bits per heavy atom. The molecule has 0 unspecified atom stereocenters. The Bertz CT molecular complexity index is 436. The van der Waals surface area contributed by atoms with Crippen molar-refractivity contribution in [3.05, 3.63) is 28.8 Å². The number of phenolic OH excluding ortho intramolecular Hbond substituents is 1. The number of piperidine rings is 1. The monoisotopic (exact) mass is 255 g/mol. The van der Waals surface area contributed by atoms with E-state index in [0.29, 0.717) is 24.5 Å². The number of rotatable bonds is 1. The third kappa shape index (κ3) is 2.70. The molecule has 1 aliphatic rings. The fourth-order valence-corrected chi connectivity index (χ4v) is 2.16. The van der Waals surface area contributed by atoms with Crippen LogP contribution >= 0.6 is 11.6 Å². The number of nitrogens with zero attached hydrogens (tertiary/aromatic N) is 1. The summed E-state index contributed by atoms with van der Waals surface area (Å²) in [5, 5.41) is 19.6. The van der Waals surface area contributed by atoms with E-state index in [9.17, 15) is 15.0 Å². The zero-order valence-electron chi connectivity index (χ0n) is 9.27. The van der Waals surface area contributed by atoms with Gasteiger partial charge in [-0.3, -0.25) is 4.79 Å². The van der Waals surface area contributed by atoms with Crippen LogP contribution in [-0.4, -0.2) is 40.2 Å². The van der Waals surface area contributed by atoms with Crippen LogP contribution in [0.2, 0.25) is 5.02 Å². The lowest BCUT2D eigenvalue weighted by Crippen LogP contribution is -2.42. The molecule has 1 aromatic rings. The summed E-state index contributed by atoms with van der Waals surface area (Å²) in [6.07, 6.45) is 1.01. The van der Waals surface area contributed by atoms with Gasteiger partial charge in [0.1, 0.15) is 5.75 Å². The third-order valence-electron chi connectivity index (χ3n) is 2.87. The molecule has 0 spiro atoms. The number of hydrogen-bond donors (Lipinski definition) is 2. The van der Waals surface area contributed by atoms with Crippen molar-refractivity contribution in [1.82, 2.24) is 4.90 Å². The van der Waals surface area contributed by atoms with Crippen LogP contribution in [0.15, 0.2) is 18.2 Å². The van der Waals surface area contributed by atoms with E-state index in [-0.39, 0.29) is 17.2 Å². The largest absolute Gasteiger partial charge is 0.507 e. The average Bonchev–Trinajstić information content (AvgIpc) is 2.31. The number of likely N-dealkylation sites (tertiary alicyclic amines) is 1. The number of aliphatic hydroxyl groups is 1. The van der Waals surface area contributed by atoms with Gasteiger partial charge in [-0.2, -0.15) is 0 Å². The predicted octanol–water partition coefficient (Wildman–Crippen LogP) is 1.64. The van der Waals surface area contributed by atoms with E-state index in [1.54, 1.807) is 4.90 Å². The topological polar surface area (TPSA) is 60.8 Å². The fourth-order valence-electron chi connectivity index (χ4n) is 1.99. The molecule has 4 nitrogen and oxygen atoms in total. The van der Waals surface area contributed by atoms with Gasteiger partial charge >= 0.3 is 0 Å². The molecule has 92 valence electrons. The fraction of sp³-hybridized carbons (Fsp3) is 0.417. The highest BCUT2D eigenvalue weighted by Crippen LogP contribution is 2.24. The minimum Gasteiger partial charge on any atom is -0.507 e. The highest BCUT2D eigenvalue weighted by molar-refractivity contribution is 6.31. The maximum atomic E-state index is 12.1. The molecule has 1 heterocycles. The number of phenols is 1. The lowest BCUT2D eigenvalue weighted by molar-refractivity contribution is 0.0471. The van der Waals surface area contributed by atoms with Crippen molar-refractivity contribution in [2.45, 2.75) is 18.9 Å². The molecule has 2 N–H and O–H groups in total. The smallest absolute Gasteiger partial charge is 0.257 e. The second-order valence-electron chi connectivity index (χ2n) is 4.21. The van der Waals surface area contributed by atoms with Crippen molar-refractivity contribution < 1.29 is 15.0 Å². The average molecular weight is 256 g/mol. The SMILES string of the molecule is O=C(c1cc(Cl)ccc1O)N1CCC[C@H](O)C1. The molecule has 0 aliphatic carbocycles. The Hall–Kier alpha value is -1.26. The number of hydrogen-bond acceptors (Lipinski definition) is 3. The third-order valence-corrected chi connectivity index (χ3v) is 3.11. The Balaban J connectivity index is 2.21. The molecule has 1 saturated heterocycles. The van der Waals surface area contributed by atoms with Gasteiger partial charge in [0.2, 0.25) is 0 Å². The quantitative estimate of drug-likeness (QED) is 0.802. The van der Waals surface area contributed by atoms with E-state index in [1.165, 1.54) is 18.2 Å². The molecular formula is C12H14ClNO3. The summed E-state index contributed by atoms with van der Waals surface area (Å²) in [5.74, 6) is -0.372. The number of carbonyl (C=O) groups is 1. The van der Waals surface area contributed by atoms with Crippen LogP contribution in [0.25, 0.3) is 0 Å². The summed E-state index contributed by atoms with van der Waals surface area (Å²) in [4.78, 5) is 13.7. The van der Waals surface area contributed by atoms with Gasteiger partial charge in [-0.05, 0) is 31.0 Å². The Kier molecular flexibility index (Phi) is 3.54. The molecule has 0 aromatic heterocycles. The zero-order valence-corrected chi connectivity index (χ0v) is 10.0. The minimum absolute atomic E-state index is 0.0838. The van der Waals surface area contributed by atoms with E-state index in [0.717, 1.165) is 6.42 Å². The maximum absolute atomic E-state index is 12.1. The lowest BCUT2D eigenvalue weighted by atomic mass is 10.1. The number of aliphatic hydroxyl groups excluding tert-OH is 1. The molecule has 5 heteroatoms. The predicted molar refractivity (Wildman–Crippen MR) is 64.3 cm³/mol. The van der Waals surface area contributed by atoms with Crippen LogP contribution in [-0.2, 0) is 0 Å². The summed E-state index contributed by atoms with van der Waals surface area (Å²) >= 11 is 5.80. The number of carbonyl (C=O) groups excluding carboxylic acids is 1.